The molecule has 0 amide bonds. The first-order chi connectivity index (χ1) is 27.6. The van der Waals surface area contributed by atoms with E-state index in [-0.39, 0.29) is 19.4 Å². The monoisotopic (exact) mass is 832 g/mol. The van der Waals surface area contributed by atoms with Crippen LogP contribution >= 0.6 is 7.82 Å². The second-order valence-corrected chi connectivity index (χ2v) is 17.3. The maximum absolute atomic E-state index is 12.6. The third kappa shape index (κ3) is 40.8. The van der Waals surface area contributed by atoms with Crippen molar-refractivity contribution in [3.05, 3.63) is 12.2 Å². The molecule has 0 rings (SSSR count). The van der Waals surface area contributed by atoms with Crippen molar-refractivity contribution < 1.29 is 47.5 Å². The number of carbonyl (C=O) groups excluding carboxylic acids is 2. The molecule has 336 valence electrons. The number of carboxylic acids is 1. The van der Waals surface area contributed by atoms with Gasteiger partial charge in [0.2, 0.25) is 0 Å². The maximum Gasteiger partial charge on any atom is 0.472 e. The largest absolute Gasteiger partial charge is 0.480 e. The molecule has 0 aliphatic carbocycles. The normalized spacial score (nSPS) is 13.8. The summed E-state index contributed by atoms with van der Waals surface area (Å²) >= 11 is 0. The summed E-state index contributed by atoms with van der Waals surface area (Å²) in [6, 6.07) is -1.52. The fraction of sp³-hybridized carbons (Fsp3) is 0.889. The molecule has 0 spiro atoms. The first-order valence-electron chi connectivity index (χ1n) is 23.2. The molecule has 11 nitrogen and oxygen atoms in total. The molecule has 0 bridgehead atoms. The minimum absolute atomic E-state index is 0.143. The fourth-order valence-corrected chi connectivity index (χ4v) is 7.39. The van der Waals surface area contributed by atoms with Gasteiger partial charge in [-0.2, -0.15) is 0 Å². The van der Waals surface area contributed by atoms with Gasteiger partial charge in [0.05, 0.1) is 13.2 Å². The summed E-state index contributed by atoms with van der Waals surface area (Å²) < 4.78 is 32.7. The first kappa shape index (κ1) is 55.2. The number of hydrogen-bond donors (Lipinski definition) is 3. The van der Waals surface area contributed by atoms with Crippen LogP contribution in [0.5, 0.6) is 0 Å². The Kier molecular flexibility index (Phi) is 39.7. The smallest absolute Gasteiger partial charge is 0.472 e. The number of ether oxygens (including phenoxy) is 2. The van der Waals surface area contributed by atoms with Gasteiger partial charge in [-0.25, -0.2) is 4.57 Å². The predicted octanol–water partition coefficient (Wildman–Crippen LogP) is 12.5. The van der Waals surface area contributed by atoms with Crippen molar-refractivity contribution in [3.63, 3.8) is 0 Å². The van der Waals surface area contributed by atoms with Gasteiger partial charge in [-0.05, 0) is 25.7 Å². The maximum atomic E-state index is 12.6. The number of esters is 2. The van der Waals surface area contributed by atoms with Crippen LogP contribution in [0.25, 0.3) is 0 Å². The van der Waals surface area contributed by atoms with E-state index in [1.807, 2.05) is 6.08 Å². The van der Waals surface area contributed by atoms with E-state index in [9.17, 15) is 23.8 Å². The summed E-state index contributed by atoms with van der Waals surface area (Å²) in [7, 11) is -4.72. The number of nitrogens with two attached hydrogens (primary N) is 1. The van der Waals surface area contributed by atoms with Crippen molar-refractivity contribution in [1.29, 1.82) is 0 Å². The molecule has 0 aliphatic rings. The zero-order chi connectivity index (χ0) is 42.1. The Morgan fingerprint density at radius 1 is 0.526 bits per heavy atom. The molecule has 0 saturated carbocycles. The Labute approximate surface area is 348 Å². The number of phosphoric acid groups is 1. The lowest BCUT2D eigenvalue weighted by molar-refractivity contribution is -0.161. The van der Waals surface area contributed by atoms with Crippen LogP contribution in [0.3, 0.4) is 0 Å². The third-order valence-corrected chi connectivity index (χ3v) is 11.2. The molecule has 3 atom stereocenters. The Morgan fingerprint density at radius 2 is 0.912 bits per heavy atom. The topological polar surface area (TPSA) is 172 Å². The molecule has 0 aromatic carbocycles. The van der Waals surface area contributed by atoms with Gasteiger partial charge in [0, 0.05) is 12.8 Å². The van der Waals surface area contributed by atoms with Gasteiger partial charge in [0.1, 0.15) is 12.6 Å². The molecule has 0 aromatic rings. The summed E-state index contributed by atoms with van der Waals surface area (Å²) in [5.74, 6) is -2.42. The highest BCUT2D eigenvalue weighted by atomic mass is 31.2. The molecule has 12 heteroatoms. The lowest BCUT2D eigenvalue weighted by atomic mass is 10.0. The van der Waals surface area contributed by atoms with Crippen LogP contribution in [0, 0.1) is 0 Å². The molecule has 0 heterocycles. The summed E-state index contributed by atoms with van der Waals surface area (Å²) in [5, 5.41) is 8.89. The molecular weight excluding hydrogens is 745 g/mol. The fourth-order valence-electron chi connectivity index (χ4n) is 6.61. The van der Waals surface area contributed by atoms with Crippen LogP contribution in [0.4, 0.5) is 0 Å². The van der Waals surface area contributed by atoms with Crippen LogP contribution < -0.4 is 5.73 Å². The summed E-state index contributed by atoms with van der Waals surface area (Å²) in [4.78, 5) is 46.0. The average Bonchev–Trinajstić information content (AvgIpc) is 3.19. The van der Waals surface area contributed by atoms with Crippen LogP contribution in [-0.4, -0.2) is 59.9 Å². The van der Waals surface area contributed by atoms with Crippen LogP contribution in [0.15, 0.2) is 12.2 Å². The van der Waals surface area contributed by atoms with E-state index in [0.717, 1.165) is 32.1 Å². The standard InChI is InChI=1S/C45H86NO10P/c1-3-5-7-9-11-13-15-17-19-20-21-23-25-27-29-31-33-35-37-44(48)56-41(39-54-57(51,52)55-40-42(46)45(49)50)38-53-43(47)36-34-32-30-28-26-24-22-18-16-14-12-10-8-6-4-2/h30,32,41-42H,3-29,31,33-40,46H2,1-2H3,(H,49,50)(H,51,52)/b32-30+/t41-,42+/m1/s1. The molecule has 0 fully saturated rings. The number of allylic oxidation sites excluding steroid dienone is 2. The molecule has 1 unspecified atom stereocenters. The Morgan fingerprint density at radius 3 is 1.35 bits per heavy atom. The van der Waals surface area contributed by atoms with Crippen molar-refractivity contribution >= 4 is 25.7 Å². The van der Waals surface area contributed by atoms with Crippen LogP contribution in [0.2, 0.25) is 0 Å². The third-order valence-electron chi connectivity index (χ3n) is 10.3. The number of carboxylic acid groups (broad SMARTS) is 1. The molecule has 0 aromatic heterocycles. The minimum atomic E-state index is -4.72. The zero-order valence-electron chi connectivity index (χ0n) is 36.5. The van der Waals surface area contributed by atoms with E-state index in [4.69, 9.17) is 24.8 Å². The molecule has 0 saturated heterocycles. The number of phosphoric ester groups is 1. The molecular formula is C45H86NO10P. The number of carbonyl (C=O) groups is 3. The highest BCUT2D eigenvalue weighted by Crippen LogP contribution is 2.43. The molecule has 0 aliphatic heterocycles. The molecule has 57 heavy (non-hydrogen) atoms. The Bertz CT molecular complexity index is 1030. The van der Waals surface area contributed by atoms with Gasteiger partial charge in [0.25, 0.3) is 0 Å². The lowest BCUT2D eigenvalue weighted by Crippen LogP contribution is -2.34. The summed E-state index contributed by atoms with van der Waals surface area (Å²) in [6.07, 6.45) is 41.4. The lowest BCUT2D eigenvalue weighted by Gasteiger charge is -2.20. The van der Waals surface area contributed by atoms with Crippen molar-refractivity contribution in [3.8, 4) is 0 Å². The SMILES string of the molecule is CCCCCCCCCCCCC/C=C/CCC(=O)OC[C@H](COP(=O)(O)OC[C@H](N)C(=O)O)OC(=O)CCCCCCCCCCCCCCCCCCCC. The number of aliphatic carboxylic acids is 1. The predicted molar refractivity (Wildman–Crippen MR) is 231 cm³/mol. The number of rotatable bonds is 44. The van der Waals surface area contributed by atoms with Crippen molar-refractivity contribution in [2.45, 2.75) is 238 Å². The minimum Gasteiger partial charge on any atom is -0.480 e. The van der Waals surface area contributed by atoms with Gasteiger partial charge in [-0.1, -0.05) is 199 Å². The van der Waals surface area contributed by atoms with E-state index < -0.39 is 51.1 Å². The van der Waals surface area contributed by atoms with E-state index in [1.54, 1.807) is 0 Å². The molecule has 4 N–H and O–H groups in total. The average molecular weight is 832 g/mol. The van der Waals surface area contributed by atoms with Gasteiger partial charge in [-0.15, -0.1) is 0 Å². The molecule has 0 radical (unpaired) electrons. The first-order valence-corrected chi connectivity index (χ1v) is 24.7. The van der Waals surface area contributed by atoms with Gasteiger partial charge in [-0.3, -0.25) is 23.4 Å². The number of hydrogen-bond acceptors (Lipinski definition) is 9. The van der Waals surface area contributed by atoms with Gasteiger partial charge < -0.3 is 25.2 Å². The van der Waals surface area contributed by atoms with Crippen molar-refractivity contribution in [1.82, 2.24) is 0 Å². The van der Waals surface area contributed by atoms with E-state index >= 15 is 0 Å². The Hall–Kier alpha value is -1.78. The highest BCUT2D eigenvalue weighted by molar-refractivity contribution is 7.47. The van der Waals surface area contributed by atoms with Gasteiger partial charge in [0.15, 0.2) is 6.10 Å². The van der Waals surface area contributed by atoms with Crippen LogP contribution in [-0.2, 0) is 37.5 Å². The van der Waals surface area contributed by atoms with Crippen molar-refractivity contribution in [2.75, 3.05) is 19.8 Å². The van der Waals surface area contributed by atoms with Crippen LogP contribution in [0.1, 0.15) is 226 Å². The Balaban J connectivity index is 4.32. The van der Waals surface area contributed by atoms with E-state index in [1.165, 1.54) is 154 Å². The number of unbranched alkanes of at least 4 members (excludes halogenated alkanes) is 28. The summed E-state index contributed by atoms with van der Waals surface area (Å²) in [5.41, 5.74) is 5.34. The zero-order valence-corrected chi connectivity index (χ0v) is 37.3. The highest BCUT2D eigenvalue weighted by Gasteiger charge is 2.28. The summed E-state index contributed by atoms with van der Waals surface area (Å²) in [6.45, 7) is 2.80. The van der Waals surface area contributed by atoms with E-state index in [0.29, 0.717) is 12.8 Å². The van der Waals surface area contributed by atoms with E-state index in [2.05, 4.69) is 24.4 Å². The van der Waals surface area contributed by atoms with Crippen molar-refractivity contribution in [2.24, 2.45) is 5.73 Å². The second kappa shape index (κ2) is 41.0. The quantitative estimate of drug-likeness (QED) is 0.0231. The second-order valence-electron chi connectivity index (χ2n) is 15.9. The van der Waals surface area contributed by atoms with Gasteiger partial charge >= 0.3 is 25.7 Å².